The second-order valence-electron chi connectivity index (χ2n) is 4.11. The standard InChI is InChI=1S/C11H17N7S/c1-12-9-14-10(18-5-4-13-8-18)16-11(15-9)19-7-6-17(2)3/h4-5,8H,6-7H2,1-3H3,(H,12,14,15,16). The number of rotatable bonds is 6. The molecule has 0 atom stereocenters. The molecule has 0 aliphatic carbocycles. The van der Waals surface area contributed by atoms with Gasteiger partial charge in [0.25, 0.3) is 0 Å². The minimum absolute atomic E-state index is 0.561. The lowest BCUT2D eigenvalue weighted by molar-refractivity contribution is 0.437. The molecule has 102 valence electrons. The summed E-state index contributed by atoms with van der Waals surface area (Å²) in [5.41, 5.74) is 0. The molecule has 0 fully saturated rings. The summed E-state index contributed by atoms with van der Waals surface area (Å²) < 4.78 is 1.76. The molecule has 0 aliphatic rings. The van der Waals surface area contributed by atoms with E-state index >= 15 is 0 Å². The molecule has 0 bridgehead atoms. The third kappa shape index (κ3) is 3.90. The third-order valence-electron chi connectivity index (χ3n) is 2.33. The summed E-state index contributed by atoms with van der Waals surface area (Å²) in [4.78, 5) is 19.2. The van der Waals surface area contributed by atoms with Crippen LogP contribution in [0, 0.1) is 0 Å². The molecule has 2 aromatic rings. The fourth-order valence-electron chi connectivity index (χ4n) is 1.33. The molecule has 1 N–H and O–H groups in total. The number of nitrogens with one attached hydrogen (secondary N) is 1. The Bertz CT molecular complexity index is 512. The number of imidazole rings is 1. The van der Waals surface area contributed by atoms with Crippen LogP contribution in [0.3, 0.4) is 0 Å². The van der Waals surface area contributed by atoms with Gasteiger partial charge in [-0.3, -0.25) is 4.57 Å². The second-order valence-corrected chi connectivity index (χ2v) is 5.18. The van der Waals surface area contributed by atoms with Gasteiger partial charge in [0.05, 0.1) is 0 Å². The topological polar surface area (TPSA) is 71.8 Å². The van der Waals surface area contributed by atoms with E-state index in [-0.39, 0.29) is 0 Å². The lowest BCUT2D eigenvalue weighted by Gasteiger charge is -2.09. The fourth-order valence-corrected chi connectivity index (χ4v) is 2.27. The second kappa shape index (κ2) is 6.48. The molecule has 0 unspecified atom stereocenters. The molecular weight excluding hydrogens is 262 g/mol. The van der Waals surface area contributed by atoms with Crippen molar-refractivity contribution in [2.24, 2.45) is 0 Å². The van der Waals surface area contributed by atoms with Gasteiger partial charge in [-0.15, -0.1) is 0 Å². The maximum absolute atomic E-state index is 4.43. The van der Waals surface area contributed by atoms with Crippen molar-refractivity contribution in [3.8, 4) is 5.95 Å². The average molecular weight is 279 g/mol. The van der Waals surface area contributed by atoms with Crippen LogP contribution in [0.1, 0.15) is 0 Å². The minimum atomic E-state index is 0.561. The molecule has 2 rings (SSSR count). The summed E-state index contributed by atoms with van der Waals surface area (Å²) in [5.74, 6) is 2.07. The number of hydrogen-bond donors (Lipinski definition) is 1. The Morgan fingerprint density at radius 1 is 1.32 bits per heavy atom. The van der Waals surface area contributed by atoms with Crippen LogP contribution in [-0.4, -0.2) is 62.8 Å². The van der Waals surface area contributed by atoms with Crippen molar-refractivity contribution < 1.29 is 0 Å². The van der Waals surface area contributed by atoms with Crippen LogP contribution in [0.15, 0.2) is 23.9 Å². The van der Waals surface area contributed by atoms with Crippen molar-refractivity contribution in [1.82, 2.24) is 29.4 Å². The molecule has 0 aliphatic heterocycles. The Hall–Kier alpha value is -1.67. The quantitative estimate of drug-likeness (QED) is 0.782. The summed E-state index contributed by atoms with van der Waals surface area (Å²) in [6, 6.07) is 0. The molecule has 2 heterocycles. The van der Waals surface area contributed by atoms with E-state index in [1.54, 1.807) is 35.9 Å². The van der Waals surface area contributed by atoms with Gasteiger partial charge in [0.1, 0.15) is 6.33 Å². The number of nitrogens with zero attached hydrogens (tertiary/aromatic N) is 6. The molecule has 0 saturated carbocycles. The van der Waals surface area contributed by atoms with Crippen molar-refractivity contribution in [3.63, 3.8) is 0 Å². The van der Waals surface area contributed by atoms with Crippen LogP contribution in [0.2, 0.25) is 0 Å². The van der Waals surface area contributed by atoms with Crippen molar-refractivity contribution >= 4 is 17.7 Å². The summed E-state index contributed by atoms with van der Waals surface area (Å²) >= 11 is 1.61. The zero-order chi connectivity index (χ0) is 13.7. The Kier molecular flexibility index (Phi) is 4.69. The Balaban J connectivity index is 2.16. The van der Waals surface area contributed by atoms with Crippen molar-refractivity contribution in [1.29, 1.82) is 0 Å². The number of thioether (sulfide) groups is 1. The molecule has 19 heavy (non-hydrogen) atoms. The van der Waals surface area contributed by atoms with E-state index in [1.807, 2.05) is 20.3 Å². The first-order valence-electron chi connectivity index (χ1n) is 5.88. The Morgan fingerprint density at radius 3 is 2.79 bits per heavy atom. The lowest BCUT2D eigenvalue weighted by atomic mass is 10.7. The molecule has 0 radical (unpaired) electrons. The molecule has 0 spiro atoms. The first-order chi connectivity index (χ1) is 9.19. The van der Waals surface area contributed by atoms with Crippen LogP contribution < -0.4 is 5.32 Å². The smallest absolute Gasteiger partial charge is 0.240 e. The largest absolute Gasteiger partial charge is 0.357 e. The van der Waals surface area contributed by atoms with E-state index < -0.39 is 0 Å². The van der Waals surface area contributed by atoms with Crippen LogP contribution in [0.4, 0.5) is 5.95 Å². The molecule has 2 aromatic heterocycles. The predicted octanol–water partition coefficient (Wildman–Crippen LogP) is 0.753. The maximum atomic E-state index is 4.43. The SMILES string of the molecule is CNc1nc(SCCN(C)C)nc(-n2ccnc2)n1. The average Bonchev–Trinajstić information content (AvgIpc) is 2.92. The van der Waals surface area contributed by atoms with E-state index in [0.717, 1.165) is 12.3 Å². The van der Waals surface area contributed by atoms with Crippen LogP contribution in [-0.2, 0) is 0 Å². The number of hydrogen-bond acceptors (Lipinski definition) is 7. The van der Waals surface area contributed by atoms with Gasteiger partial charge in [-0.05, 0) is 14.1 Å². The monoisotopic (exact) mass is 279 g/mol. The van der Waals surface area contributed by atoms with E-state index in [0.29, 0.717) is 17.1 Å². The highest BCUT2D eigenvalue weighted by Crippen LogP contribution is 2.15. The molecular formula is C11H17N7S. The molecule has 7 nitrogen and oxygen atoms in total. The van der Waals surface area contributed by atoms with E-state index in [9.17, 15) is 0 Å². The Labute approximate surface area is 116 Å². The number of aromatic nitrogens is 5. The van der Waals surface area contributed by atoms with Crippen molar-refractivity contribution in [2.75, 3.05) is 38.8 Å². The van der Waals surface area contributed by atoms with Gasteiger partial charge in [-0.1, -0.05) is 11.8 Å². The number of anilines is 1. The Morgan fingerprint density at radius 2 is 2.16 bits per heavy atom. The molecule has 0 amide bonds. The lowest BCUT2D eigenvalue weighted by Crippen LogP contribution is -2.15. The van der Waals surface area contributed by atoms with Crippen LogP contribution >= 0.6 is 11.8 Å². The van der Waals surface area contributed by atoms with E-state index in [2.05, 4.69) is 30.2 Å². The first-order valence-corrected chi connectivity index (χ1v) is 6.87. The zero-order valence-corrected chi connectivity index (χ0v) is 12.1. The summed E-state index contributed by atoms with van der Waals surface area (Å²) in [6.07, 6.45) is 5.17. The zero-order valence-electron chi connectivity index (χ0n) is 11.2. The van der Waals surface area contributed by atoms with Gasteiger partial charge in [-0.25, -0.2) is 4.98 Å². The molecule has 8 heteroatoms. The predicted molar refractivity (Wildman–Crippen MR) is 75.8 cm³/mol. The van der Waals surface area contributed by atoms with Gasteiger partial charge in [0, 0.05) is 31.7 Å². The maximum Gasteiger partial charge on any atom is 0.240 e. The normalized spacial score (nSPS) is 10.9. The van der Waals surface area contributed by atoms with Crippen LogP contribution in [0.25, 0.3) is 5.95 Å². The van der Waals surface area contributed by atoms with E-state index in [1.165, 1.54) is 0 Å². The molecule has 0 saturated heterocycles. The highest BCUT2D eigenvalue weighted by molar-refractivity contribution is 7.99. The van der Waals surface area contributed by atoms with E-state index in [4.69, 9.17) is 0 Å². The highest BCUT2D eigenvalue weighted by Gasteiger charge is 2.07. The van der Waals surface area contributed by atoms with Gasteiger partial charge < -0.3 is 10.2 Å². The van der Waals surface area contributed by atoms with Crippen molar-refractivity contribution in [2.45, 2.75) is 5.16 Å². The summed E-state index contributed by atoms with van der Waals surface area (Å²) in [6.45, 7) is 0.978. The van der Waals surface area contributed by atoms with Crippen molar-refractivity contribution in [3.05, 3.63) is 18.7 Å². The summed E-state index contributed by atoms with van der Waals surface area (Å²) in [7, 11) is 5.88. The van der Waals surface area contributed by atoms with Gasteiger partial charge in [-0.2, -0.15) is 15.0 Å². The molecule has 0 aromatic carbocycles. The highest BCUT2D eigenvalue weighted by atomic mass is 32.2. The van der Waals surface area contributed by atoms with Gasteiger partial charge in [0.15, 0.2) is 5.16 Å². The van der Waals surface area contributed by atoms with Crippen LogP contribution in [0.5, 0.6) is 0 Å². The minimum Gasteiger partial charge on any atom is -0.357 e. The first kappa shape index (κ1) is 13.8. The summed E-state index contributed by atoms with van der Waals surface area (Å²) in [5, 5.41) is 3.66. The van der Waals surface area contributed by atoms with Gasteiger partial charge in [0.2, 0.25) is 11.9 Å². The fraction of sp³-hybridized carbons (Fsp3) is 0.455. The third-order valence-corrected chi connectivity index (χ3v) is 3.16. The van der Waals surface area contributed by atoms with Gasteiger partial charge >= 0.3 is 0 Å².